The number of hydrogen-bond acceptors (Lipinski definition) is 1. The molecule has 0 spiro atoms. The van der Waals surface area contributed by atoms with Crippen LogP contribution in [0.25, 0.3) is 5.57 Å². The molecular weight excluding hydrogens is 200 g/mol. The van der Waals surface area contributed by atoms with Crippen LogP contribution in [0.5, 0.6) is 0 Å². The summed E-state index contributed by atoms with van der Waals surface area (Å²) in [6.45, 7) is 6.22. The molecule has 0 saturated heterocycles. The minimum Gasteiger partial charge on any atom is -0.478 e. The molecule has 0 fully saturated rings. The fraction of sp³-hybridized carbons (Fsp3) is 0.357. The molecule has 84 valence electrons. The van der Waals surface area contributed by atoms with Crippen molar-refractivity contribution in [2.45, 2.75) is 33.6 Å². The third-order valence-electron chi connectivity index (χ3n) is 3.50. The van der Waals surface area contributed by atoms with E-state index in [4.69, 9.17) is 0 Å². The van der Waals surface area contributed by atoms with E-state index < -0.39 is 5.97 Å². The Bertz CT molecular complexity index is 496. The highest BCUT2D eigenvalue weighted by Gasteiger charge is 2.24. The summed E-state index contributed by atoms with van der Waals surface area (Å²) in [7, 11) is 0. The van der Waals surface area contributed by atoms with E-state index in [1.54, 1.807) is 6.07 Å². The number of carboxylic acid groups (broad SMARTS) is 1. The Morgan fingerprint density at radius 1 is 1.38 bits per heavy atom. The second-order valence-electron chi connectivity index (χ2n) is 4.35. The zero-order chi connectivity index (χ0) is 11.9. The lowest BCUT2D eigenvalue weighted by Crippen LogP contribution is -2.03. The highest BCUT2D eigenvalue weighted by molar-refractivity contribution is 5.96. The van der Waals surface area contributed by atoms with E-state index in [0.717, 1.165) is 18.4 Å². The molecule has 1 aliphatic rings. The summed E-state index contributed by atoms with van der Waals surface area (Å²) in [4.78, 5) is 11.2. The Morgan fingerprint density at radius 3 is 2.62 bits per heavy atom. The standard InChI is InChI=1S/C14H16O2/c1-4-10-7-12-8(2)5-6-11(14(15)16)13(12)9(10)3/h5-6H,4,7H2,1-3H3,(H,15,16). The van der Waals surface area contributed by atoms with Crippen LogP contribution in [0, 0.1) is 6.92 Å². The fourth-order valence-electron chi connectivity index (χ4n) is 2.50. The summed E-state index contributed by atoms with van der Waals surface area (Å²) < 4.78 is 0. The van der Waals surface area contributed by atoms with Gasteiger partial charge < -0.3 is 5.11 Å². The first kappa shape index (κ1) is 10.9. The van der Waals surface area contributed by atoms with Crippen molar-refractivity contribution in [2.75, 3.05) is 0 Å². The molecule has 0 bridgehead atoms. The van der Waals surface area contributed by atoms with Crippen molar-refractivity contribution < 1.29 is 9.90 Å². The van der Waals surface area contributed by atoms with Gasteiger partial charge in [0.05, 0.1) is 5.56 Å². The number of carboxylic acids is 1. The van der Waals surface area contributed by atoms with Crippen LogP contribution in [-0.4, -0.2) is 11.1 Å². The van der Waals surface area contributed by atoms with Crippen LogP contribution in [0.3, 0.4) is 0 Å². The summed E-state index contributed by atoms with van der Waals surface area (Å²) in [6, 6.07) is 3.63. The largest absolute Gasteiger partial charge is 0.478 e. The highest BCUT2D eigenvalue weighted by atomic mass is 16.4. The summed E-state index contributed by atoms with van der Waals surface area (Å²) in [5.41, 5.74) is 6.34. The van der Waals surface area contributed by atoms with Gasteiger partial charge in [-0.15, -0.1) is 0 Å². The second-order valence-corrected chi connectivity index (χ2v) is 4.35. The molecule has 16 heavy (non-hydrogen) atoms. The second kappa shape index (κ2) is 3.78. The van der Waals surface area contributed by atoms with Crippen molar-refractivity contribution in [1.29, 1.82) is 0 Å². The number of benzene rings is 1. The van der Waals surface area contributed by atoms with Gasteiger partial charge in [-0.2, -0.15) is 0 Å². The van der Waals surface area contributed by atoms with Crippen molar-refractivity contribution in [3.63, 3.8) is 0 Å². The summed E-state index contributed by atoms with van der Waals surface area (Å²) >= 11 is 0. The molecule has 0 atom stereocenters. The van der Waals surface area contributed by atoms with E-state index in [2.05, 4.69) is 13.8 Å². The van der Waals surface area contributed by atoms with E-state index >= 15 is 0 Å². The quantitative estimate of drug-likeness (QED) is 0.822. The van der Waals surface area contributed by atoms with Crippen LogP contribution in [0.2, 0.25) is 0 Å². The average molecular weight is 216 g/mol. The molecule has 0 unspecified atom stereocenters. The molecule has 1 aromatic rings. The predicted molar refractivity (Wildman–Crippen MR) is 64.7 cm³/mol. The average Bonchev–Trinajstić information content (AvgIpc) is 2.57. The first-order valence-corrected chi connectivity index (χ1v) is 5.61. The first-order valence-electron chi connectivity index (χ1n) is 5.61. The molecule has 1 N–H and O–H groups in total. The highest BCUT2D eigenvalue weighted by Crippen LogP contribution is 2.37. The van der Waals surface area contributed by atoms with E-state index in [9.17, 15) is 9.90 Å². The van der Waals surface area contributed by atoms with Crippen molar-refractivity contribution in [3.8, 4) is 0 Å². The normalized spacial score (nSPS) is 14.2. The van der Waals surface area contributed by atoms with Crippen molar-refractivity contribution in [1.82, 2.24) is 0 Å². The molecule has 0 aromatic heterocycles. The maximum absolute atomic E-state index is 11.2. The SMILES string of the molecule is CCC1=C(C)c2c(C(=O)O)ccc(C)c2C1. The number of fused-ring (bicyclic) bond motifs is 1. The van der Waals surface area contributed by atoms with Gasteiger partial charge in [-0.25, -0.2) is 4.79 Å². The van der Waals surface area contributed by atoms with E-state index in [1.807, 2.05) is 13.0 Å². The molecule has 2 rings (SSSR count). The number of allylic oxidation sites excluding steroid dienone is 2. The summed E-state index contributed by atoms with van der Waals surface area (Å²) in [5, 5.41) is 9.19. The van der Waals surface area contributed by atoms with E-state index in [0.29, 0.717) is 5.56 Å². The summed E-state index contributed by atoms with van der Waals surface area (Å²) in [6.07, 6.45) is 1.92. The number of aryl methyl sites for hydroxylation is 1. The van der Waals surface area contributed by atoms with Gasteiger partial charge in [-0.3, -0.25) is 0 Å². The lowest BCUT2D eigenvalue weighted by atomic mass is 9.96. The maximum Gasteiger partial charge on any atom is 0.336 e. The minimum atomic E-state index is -0.826. The van der Waals surface area contributed by atoms with Gasteiger partial charge in [-0.05, 0) is 55.0 Å². The Labute approximate surface area is 95.6 Å². The Morgan fingerprint density at radius 2 is 2.06 bits per heavy atom. The molecule has 1 aliphatic carbocycles. The molecule has 2 nitrogen and oxygen atoms in total. The minimum absolute atomic E-state index is 0.446. The zero-order valence-electron chi connectivity index (χ0n) is 9.92. The van der Waals surface area contributed by atoms with Crippen LogP contribution in [0.4, 0.5) is 0 Å². The Hall–Kier alpha value is -1.57. The van der Waals surface area contributed by atoms with Crippen molar-refractivity contribution in [2.24, 2.45) is 0 Å². The topological polar surface area (TPSA) is 37.3 Å². The van der Waals surface area contributed by atoms with Crippen LogP contribution in [0.1, 0.15) is 47.3 Å². The Balaban J connectivity index is 2.69. The first-order chi connectivity index (χ1) is 7.56. The van der Waals surface area contributed by atoms with E-state index in [-0.39, 0.29) is 0 Å². The lowest BCUT2D eigenvalue weighted by Gasteiger charge is -2.08. The van der Waals surface area contributed by atoms with Gasteiger partial charge >= 0.3 is 5.97 Å². The lowest BCUT2D eigenvalue weighted by molar-refractivity contribution is 0.0696. The monoisotopic (exact) mass is 216 g/mol. The van der Waals surface area contributed by atoms with E-state index in [1.165, 1.54) is 22.3 Å². The number of aromatic carboxylic acids is 1. The van der Waals surface area contributed by atoms with Crippen LogP contribution in [0.15, 0.2) is 17.7 Å². The third-order valence-corrected chi connectivity index (χ3v) is 3.50. The molecule has 1 aromatic carbocycles. The van der Waals surface area contributed by atoms with Gasteiger partial charge in [0.1, 0.15) is 0 Å². The Kier molecular flexibility index (Phi) is 2.58. The summed E-state index contributed by atoms with van der Waals surface area (Å²) in [5.74, 6) is -0.826. The van der Waals surface area contributed by atoms with Gasteiger partial charge in [0.2, 0.25) is 0 Å². The maximum atomic E-state index is 11.2. The molecule has 0 aliphatic heterocycles. The van der Waals surface area contributed by atoms with Crippen LogP contribution >= 0.6 is 0 Å². The zero-order valence-corrected chi connectivity index (χ0v) is 9.92. The predicted octanol–water partition coefficient (Wildman–Crippen LogP) is 3.43. The number of rotatable bonds is 2. The van der Waals surface area contributed by atoms with Crippen molar-refractivity contribution >= 4 is 11.5 Å². The van der Waals surface area contributed by atoms with Crippen LogP contribution < -0.4 is 0 Å². The molecule has 0 radical (unpaired) electrons. The molecule has 0 heterocycles. The van der Waals surface area contributed by atoms with Gasteiger partial charge in [-0.1, -0.05) is 18.6 Å². The van der Waals surface area contributed by atoms with Crippen LogP contribution in [-0.2, 0) is 6.42 Å². The molecule has 2 heteroatoms. The van der Waals surface area contributed by atoms with Gasteiger partial charge in [0, 0.05) is 0 Å². The molecular formula is C14H16O2. The van der Waals surface area contributed by atoms with Gasteiger partial charge in [0.25, 0.3) is 0 Å². The smallest absolute Gasteiger partial charge is 0.336 e. The third kappa shape index (κ3) is 1.45. The number of hydrogen-bond donors (Lipinski definition) is 1. The fourth-order valence-corrected chi connectivity index (χ4v) is 2.50. The number of carbonyl (C=O) groups is 1. The van der Waals surface area contributed by atoms with Gasteiger partial charge in [0.15, 0.2) is 0 Å². The van der Waals surface area contributed by atoms with Crippen molar-refractivity contribution in [3.05, 3.63) is 40.0 Å². The molecule has 0 amide bonds. The molecule has 0 saturated carbocycles.